The molecule has 0 spiro atoms. The Labute approximate surface area is 83.7 Å². The van der Waals surface area contributed by atoms with Crippen LogP contribution < -0.4 is 15.4 Å². The van der Waals surface area contributed by atoms with Crippen molar-refractivity contribution >= 4 is 0 Å². The predicted octanol–water partition coefficient (Wildman–Crippen LogP) is 0.324. The van der Waals surface area contributed by atoms with Crippen LogP contribution in [0.3, 0.4) is 0 Å². The normalized spacial score (nSPS) is 21.9. The molecule has 76 valence electrons. The van der Waals surface area contributed by atoms with Crippen molar-refractivity contribution in [1.82, 2.24) is 15.6 Å². The topological polar surface area (TPSA) is 46.2 Å². The van der Waals surface area contributed by atoms with Crippen molar-refractivity contribution in [3.63, 3.8) is 0 Å². The zero-order valence-electron chi connectivity index (χ0n) is 8.29. The molecule has 0 unspecified atom stereocenters. The molecule has 1 aromatic heterocycles. The summed E-state index contributed by atoms with van der Waals surface area (Å²) in [4.78, 5) is 4.18. The van der Waals surface area contributed by atoms with Gasteiger partial charge in [0.1, 0.15) is 0 Å². The number of pyridine rings is 1. The van der Waals surface area contributed by atoms with Crippen molar-refractivity contribution in [3.8, 4) is 5.88 Å². The summed E-state index contributed by atoms with van der Waals surface area (Å²) in [6.07, 6.45) is 1.75. The van der Waals surface area contributed by atoms with E-state index in [4.69, 9.17) is 4.74 Å². The molecule has 1 aliphatic rings. The summed E-state index contributed by atoms with van der Waals surface area (Å²) in [5, 5.41) is 6.77. The highest BCUT2D eigenvalue weighted by molar-refractivity contribution is 5.29. The van der Waals surface area contributed by atoms with E-state index in [1.807, 2.05) is 6.07 Å². The molecule has 4 heteroatoms. The van der Waals surface area contributed by atoms with Crippen LogP contribution in [0, 0.1) is 0 Å². The van der Waals surface area contributed by atoms with E-state index in [1.54, 1.807) is 13.3 Å². The molecule has 2 N–H and O–H groups in total. The van der Waals surface area contributed by atoms with E-state index < -0.39 is 0 Å². The molecule has 0 amide bonds. The van der Waals surface area contributed by atoms with E-state index in [-0.39, 0.29) is 0 Å². The monoisotopic (exact) mass is 193 g/mol. The molecular weight excluding hydrogens is 178 g/mol. The molecule has 2 rings (SSSR count). The molecule has 0 bridgehead atoms. The second kappa shape index (κ2) is 4.39. The van der Waals surface area contributed by atoms with Crippen molar-refractivity contribution in [2.75, 3.05) is 26.7 Å². The molecule has 0 aromatic carbocycles. The van der Waals surface area contributed by atoms with Crippen LogP contribution in [0.4, 0.5) is 0 Å². The lowest BCUT2D eigenvalue weighted by molar-refractivity contribution is 0.369. The molecule has 1 atom stereocenters. The molecule has 0 saturated carbocycles. The van der Waals surface area contributed by atoms with Gasteiger partial charge in [-0.15, -0.1) is 0 Å². The van der Waals surface area contributed by atoms with E-state index in [0.717, 1.165) is 25.2 Å². The number of rotatable bonds is 2. The SMILES string of the molecule is COc1ncccc1[C@H]1CNCCN1. The minimum absolute atomic E-state index is 0.312. The summed E-state index contributed by atoms with van der Waals surface area (Å²) in [7, 11) is 1.65. The first-order valence-corrected chi connectivity index (χ1v) is 4.85. The second-order valence-corrected chi connectivity index (χ2v) is 3.31. The minimum Gasteiger partial charge on any atom is -0.481 e. The Morgan fingerprint density at radius 1 is 1.50 bits per heavy atom. The number of piperazine rings is 1. The van der Waals surface area contributed by atoms with Crippen LogP contribution in [0.15, 0.2) is 18.3 Å². The van der Waals surface area contributed by atoms with E-state index >= 15 is 0 Å². The maximum absolute atomic E-state index is 5.22. The smallest absolute Gasteiger partial charge is 0.217 e. The number of hydrogen-bond acceptors (Lipinski definition) is 4. The van der Waals surface area contributed by atoms with Crippen LogP contribution in [0.25, 0.3) is 0 Å². The van der Waals surface area contributed by atoms with Crippen molar-refractivity contribution < 1.29 is 4.74 Å². The van der Waals surface area contributed by atoms with Gasteiger partial charge in [0.25, 0.3) is 0 Å². The van der Waals surface area contributed by atoms with Gasteiger partial charge in [-0.1, -0.05) is 6.07 Å². The van der Waals surface area contributed by atoms with Crippen LogP contribution in [-0.2, 0) is 0 Å². The van der Waals surface area contributed by atoms with Crippen molar-refractivity contribution in [2.24, 2.45) is 0 Å². The third-order valence-corrected chi connectivity index (χ3v) is 2.41. The Balaban J connectivity index is 2.20. The first-order chi connectivity index (χ1) is 6.92. The van der Waals surface area contributed by atoms with Crippen molar-refractivity contribution in [1.29, 1.82) is 0 Å². The lowest BCUT2D eigenvalue weighted by Gasteiger charge is -2.25. The summed E-state index contributed by atoms with van der Waals surface area (Å²) in [6, 6.07) is 4.30. The molecule has 4 nitrogen and oxygen atoms in total. The third-order valence-electron chi connectivity index (χ3n) is 2.41. The van der Waals surface area contributed by atoms with Gasteiger partial charge in [-0.05, 0) is 6.07 Å². The van der Waals surface area contributed by atoms with E-state index in [1.165, 1.54) is 0 Å². The summed E-state index contributed by atoms with van der Waals surface area (Å²) in [5.74, 6) is 0.716. The van der Waals surface area contributed by atoms with Crippen LogP contribution in [0.5, 0.6) is 5.88 Å². The molecule has 2 heterocycles. The molecule has 14 heavy (non-hydrogen) atoms. The quantitative estimate of drug-likeness (QED) is 0.710. The van der Waals surface area contributed by atoms with Crippen LogP contribution in [-0.4, -0.2) is 31.7 Å². The van der Waals surface area contributed by atoms with E-state index in [0.29, 0.717) is 11.9 Å². The molecule has 1 aliphatic heterocycles. The van der Waals surface area contributed by atoms with Crippen LogP contribution >= 0.6 is 0 Å². The fourth-order valence-corrected chi connectivity index (χ4v) is 1.71. The Kier molecular flexibility index (Phi) is 2.96. The lowest BCUT2D eigenvalue weighted by atomic mass is 10.1. The average Bonchev–Trinajstić information content (AvgIpc) is 2.30. The summed E-state index contributed by atoms with van der Waals surface area (Å²) < 4.78 is 5.22. The summed E-state index contributed by atoms with van der Waals surface area (Å²) in [6.45, 7) is 2.95. The summed E-state index contributed by atoms with van der Waals surface area (Å²) >= 11 is 0. The van der Waals surface area contributed by atoms with Gasteiger partial charge >= 0.3 is 0 Å². The largest absolute Gasteiger partial charge is 0.481 e. The Hall–Kier alpha value is -1.13. The van der Waals surface area contributed by atoms with Gasteiger partial charge < -0.3 is 15.4 Å². The third kappa shape index (κ3) is 1.86. The van der Waals surface area contributed by atoms with Gasteiger partial charge in [0, 0.05) is 31.4 Å². The number of ether oxygens (including phenoxy) is 1. The molecule has 0 aliphatic carbocycles. The molecule has 0 radical (unpaired) electrons. The van der Waals surface area contributed by atoms with Crippen LogP contribution in [0.2, 0.25) is 0 Å². The molecular formula is C10H15N3O. The lowest BCUT2D eigenvalue weighted by Crippen LogP contribution is -2.42. The zero-order chi connectivity index (χ0) is 9.80. The second-order valence-electron chi connectivity index (χ2n) is 3.31. The highest BCUT2D eigenvalue weighted by Crippen LogP contribution is 2.22. The highest BCUT2D eigenvalue weighted by atomic mass is 16.5. The molecule has 1 fully saturated rings. The Morgan fingerprint density at radius 2 is 2.43 bits per heavy atom. The van der Waals surface area contributed by atoms with E-state index in [9.17, 15) is 0 Å². The number of nitrogens with one attached hydrogen (secondary N) is 2. The number of hydrogen-bond donors (Lipinski definition) is 2. The van der Waals surface area contributed by atoms with Gasteiger partial charge in [-0.2, -0.15) is 0 Å². The standard InChI is InChI=1S/C10H15N3O/c1-14-10-8(3-2-4-13-10)9-7-11-5-6-12-9/h2-4,9,11-12H,5-7H2,1H3/t9-/m1/s1. The van der Waals surface area contributed by atoms with Gasteiger partial charge in [0.05, 0.1) is 13.2 Å². The number of methoxy groups -OCH3 is 1. The Bertz CT molecular complexity index is 297. The van der Waals surface area contributed by atoms with Crippen molar-refractivity contribution in [2.45, 2.75) is 6.04 Å². The minimum atomic E-state index is 0.312. The van der Waals surface area contributed by atoms with Crippen LogP contribution in [0.1, 0.15) is 11.6 Å². The first kappa shape index (κ1) is 9.43. The van der Waals surface area contributed by atoms with Gasteiger partial charge in [-0.3, -0.25) is 0 Å². The fraction of sp³-hybridized carbons (Fsp3) is 0.500. The maximum Gasteiger partial charge on any atom is 0.217 e. The Morgan fingerprint density at radius 3 is 3.14 bits per heavy atom. The van der Waals surface area contributed by atoms with E-state index in [2.05, 4.69) is 21.7 Å². The van der Waals surface area contributed by atoms with Gasteiger partial charge in [0.2, 0.25) is 5.88 Å². The fourth-order valence-electron chi connectivity index (χ4n) is 1.71. The molecule has 1 saturated heterocycles. The maximum atomic E-state index is 5.22. The molecule has 1 aromatic rings. The highest BCUT2D eigenvalue weighted by Gasteiger charge is 2.18. The number of aromatic nitrogens is 1. The predicted molar refractivity (Wildman–Crippen MR) is 54.4 cm³/mol. The van der Waals surface area contributed by atoms with Gasteiger partial charge in [-0.25, -0.2) is 4.98 Å². The first-order valence-electron chi connectivity index (χ1n) is 4.85. The zero-order valence-corrected chi connectivity index (χ0v) is 8.29. The van der Waals surface area contributed by atoms with Crippen molar-refractivity contribution in [3.05, 3.63) is 23.9 Å². The average molecular weight is 193 g/mol. The number of nitrogens with zero attached hydrogens (tertiary/aromatic N) is 1. The summed E-state index contributed by atoms with van der Waals surface area (Å²) in [5.41, 5.74) is 1.13. The van der Waals surface area contributed by atoms with Gasteiger partial charge in [0.15, 0.2) is 0 Å².